The van der Waals surface area contributed by atoms with Gasteiger partial charge in [0.1, 0.15) is 0 Å². The molecule has 4 nitrogen and oxygen atoms in total. The monoisotopic (exact) mass is 307 g/mol. The zero-order valence-corrected chi connectivity index (χ0v) is 13.3. The summed E-state index contributed by atoms with van der Waals surface area (Å²) in [4.78, 5) is 2.43. The molecule has 0 saturated carbocycles. The molecule has 3 rings (SSSR count). The molecule has 114 valence electrons. The Kier molecular flexibility index (Phi) is 5.39. The number of aromatic nitrogens is 1. The zero-order valence-electron chi connectivity index (χ0n) is 12.5. The van der Waals surface area contributed by atoms with E-state index in [2.05, 4.69) is 29.2 Å². The maximum atomic E-state index is 5.45. The molecule has 1 fully saturated rings. The van der Waals surface area contributed by atoms with Crippen LogP contribution < -0.4 is 5.32 Å². The standard InChI is InChI=1S/C16H21N3O.ClH/c1-12-9-19(10-13(2)17-12)11-15-8-16(20-18-15)14-6-4-3-5-7-14;/h3-8,12-13,17H,9-11H2,1-2H3;1H. The first-order valence-corrected chi connectivity index (χ1v) is 7.20. The Labute approximate surface area is 131 Å². The number of nitrogens with zero attached hydrogens (tertiary/aromatic N) is 2. The second kappa shape index (κ2) is 7.07. The maximum absolute atomic E-state index is 5.45. The fourth-order valence-electron chi connectivity index (χ4n) is 2.92. The second-order valence-corrected chi connectivity index (χ2v) is 5.71. The van der Waals surface area contributed by atoms with Gasteiger partial charge in [0.2, 0.25) is 0 Å². The Morgan fingerprint density at radius 3 is 2.52 bits per heavy atom. The Morgan fingerprint density at radius 1 is 1.19 bits per heavy atom. The van der Waals surface area contributed by atoms with Crippen LogP contribution in [0, 0.1) is 0 Å². The third-order valence-electron chi connectivity index (χ3n) is 3.64. The topological polar surface area (TPSA) is 41.3 Å². The summed E-state index contributed by atoms with van der Waals surface area (Å²) in [5.74, 6) is 0.844. The van der Waals surface area contributed by atoms with Crippen LogP contribution >= 0.6 is 12.4 Å². The summed E-state index contributed by atoms with van der Waals surface area (Å²) in [6, 6.07) is 13.2. The molecule has 21 heavy (non-hydrogen) atoms. The molecule has 1 saturated heterocycles. The molecule has 0 bridgehead atoms. The highest BCUT2D eigenvalue weighted by Crippen LogP contribution is 2.20. The van der Waals surface area contributed by atoms with E-state index < -0.39 is 0 Å². The summed E-state index contributed by atoms with van der Waals surface area (Å²) in [6.45, 7) is 7.41. The minimum absolute atomic E-state index is 0. The third-order valence-corrected chi connectivity index (χ3v) is 3.64. The van der Waals surface area contributed by atoms with E-state index in [0.29, 0.717) is 12.1 Å². The first-order chi connectivity index (χ1) is 9.70. The van der Waals surface area contributed by atoms with Crippen LogP contribution in [0.25, 0.3) is 11.3 Å². The van der Waals surface area contributed by atoms with Gasteiger partial charge in [-0.15, -0.1) is 12.4 Å². The van der Waals surface area contributed by atoms with Gasteiger partial charge >= 0.3 is 0 Å². The first-order valence-electron chi connectivity index (χ1n) is 7.20. The van der Waals surface area contributed by atoms with E-state index in [0.717, 1.165) is 36.7 Å². The van der Waals surface area contributed by atoms with Gasteiger partial charge in [-0.2, -0.15) is 0 Å². The van der Waals surface area contributed by atoms with Crippen LogP contribution in [0.3, 0.4) is 0 Å². The quantitative estimate of drug-likeness (QED) is 0.946. The summed E-state index contributed by atoms with van der Waals surface area (Å²) in [7, 11) is 0. The lowest BCUT2D eigenvalue weighted by molar-refractivity contribution is 0.163. The molecule has 1 N–H and O–H groups in total. The molecule has 1 aliphatic heterocycles. The zero-order chi connectivity index (χ0) is 13.9. The van der Waals surface area contributed by atoms with Gasteiger partial charge in [-0.3, -0.25) is 4.90 Å². The van der Waals surface area contributed by atoms with Crippen molar-refractivity contribution in [2.45, 2.75) is 32.5 Å². The van der Waals surface area contributed by atoms with E-state index in [4.69, 9.17) is 4.52 Å². The molecular formula is C16H22ClN3O. The lowest BCUT2D eigenvalue weighted by Crippen LogP contribution is -2.53. The number of hydrogen-bond acceptors (Lipinski definition) is 4. The van der Waals surface area contributed by atoms with Crippen molar-refractivity contribution in [2.24, 2.45) is 0 Å². The molecule has 1 aromatic carbocycles. The smallest absolute Gasteiger partial charge is 0.167 e. The third kappa shape index (κ3) is 4.06. The molecule has 2 heterocycles. The van der Waals surface area contributed by atoms with Crippen LogP contribution in [0.5, 0.6) is 0 Å². The average molecular weight is 308 g/mol. The summed E-state index contributed by atoms with van der Waals surface area (Å²) in [6.07, 6.45) is 0. The van der Waals surface area contributed by atoms with Crippen LogP contribution in [-0.4, -0.2) is 35.2 Å². The van der Waals surface area contributed by atoms with E-state index in [-0.39, 0.29) is 12.4 Å². The SMILES string of the molecule is CC1CN(Cc2cc(-c3ccccc3)on2)CC(C)N1.Cl. The lowest BCUT2D eigenvalue weighted by atomic mass is 10.1. The van der Waals surface area contributed by atoms with Gasteiger partial charge in [0.15, 0.2) is 5.76 Å². The van der Waals surface area contributed by atoms with Crippen molar-refractivity contribution in [3.8, 4) is 11.3 Å². The molecule has 2 aromatic rings. The number of benzene rings is 1. The van der Waals surface area contributed by atoms with Crippen molar-refractivity contribution in [3.05, 3.63) is 42.1 Å². The maximum Gasteiger partial charge on any atom is 0.167 e. The fraction of sp³-hybridized carbons (Fsp3) is 0.438. The highest BCUT2D eigenvalue weighted by Gasteiger charge is 2.21. The summed E-state index contributed by atoms with van der Waals surface area (Å²) in [5, 5.41) is 7.74. The molecule has 0 spiro atoms. The second-order valence-electron chi connectivity index (χ2n) is 5.71. The molecule has 2 atom stereocenters. The van der Waals surface area contributed by atoms with Crippen molar-refractivity contribution in [3.63, 3.8) is 0 Å². The van der Waals surface area contributed by atoms with Gasteiger partial charge in [0.05, 0.1) is 5.69 Å². The first kappa shape index (κ1) is 16.0. The van der Waals surface area contributed by atoms with Gasteiger partial charge in [0.25, 0.3) is 0 Å². The number of hydrogen-bond donors (Lipinski definition) is 1. The molecule has 0 amide bonds. The summed E-state index contributed by atoms with van der Waals surface area (Å²) >= 11 is 0. The molecule has 5 heteroatoms. The van der Waals surface area contributed by atoms with Gasteiger partial charge in [0, 0.05) is 43.3 Å². The Morgan fingerprint density at radius 2 is 1.86 bits per heavy atom. The van der Waals surface area contributed by atoms with Crippen LogP contribution in [0.4, 0.5) is 0 Å². The Bertz CT molecular complexity index is 548. The predicted molar refractivity (Wildman–Crippen MR) is 86.5 cm³/mol. The van der Waals surface area contributed by atoms with Crippen LogP contribution in [0.2, 0.25) is 0 Å². The van der Waals surface area contributed by atoms with Crippen LogP contribution in [0.15, 0.2) is 40.9 Å². The van der Waals surface area contributed by atoms with Crippen LogP contribution in [-0.2, 0) is 6.54 Å². The minimum atomic E-state index is 0. The number of halogens is 1. The Balaban J connectivity index is 0.00000161. The van der Waals surface area contributed by atoms with Crippen molar-refractivity contribution in [2.75, 3.05) is 13.1 Å². The largest absolute Gasteiger partial charge is 0.356 e. The number of nitrogens with one attached hydrogen (secondary N) is 1. The molecule has 1 aromatic heterocycles. The van der Waals surface area contributed by atoms with Crippen molar-refractivity contribution in [1.29, 1.82) is 0 Å². The van der Waals surface area contributed by atoms with Crippen LogP contribution in [0.1, 0.15) is 19.5 Å². The number of piperazine rings is 1. The molecule has 2 unspecified atom stereocenters. The lowest BCUT2D eigenvalue weighted by Gasteiger charge is -2.35. The molecular weight excluding hydrogens is 286 g/mol. The van der Waals surface area contributed by atoms with Gasteiger partial charge < -0.3 is 9.84 Å². The molecule has 0 radical (unpaired) electrons. The molecule has 1 aliphatic rings. The van der Waals surface area contributed by atoms with E-state index in [1.807, 2.05) is 36.4 Å². The minimum Gasteiger partial charge on any atom is -0.356 e. The summed E-state index contributed by atoms with van der Waals surface area (Å²) in [5.41, 5.74) is 2.08. The highest BCUT2D eigenvalue weighted by molar-refractivity contribution is 5.85. The van der Waals surface area contributed by atoms with Crippen molar-refractivity contribution in [1.82, 2.24) is 15.4 Å². The van der Waals surface area contributed by atoms with E-state index in [1.165, 1.54) is 0 Å². The summed E-state index contributed by atoms with van der Waals surface area (Å²) < 4.78 is 5.45. The van der Waals surface area contributed by atoms with E-state index >= 15 is 0 Å². The average Bonchev–Trinajstić information content (AvgIpc) is 2.87. The Hall–Kier alpha value is -1.36. The van der Waals surface area contributed by atoms with E-state index in [1.54, 1.807) is 0 Å². The fourth-order valence-corrected chi connectivity index (χ4v) is 2.92. The number of rotatable bonds is 3. The normalized spacial score (nSPS) is 22.8. The molecule has 0 aliphatic carbocycles. The van der Waals surface area contributed by atoms with Crippen molar-refractivity contribution < 1.29 is 4.52 Å². The predicted octanol–water partition coefficient (Wildman–Crippen LogP) is 2.95. The van der Waals surface area contributed by atoms with Gasteiger partial charge in [-0.05, 0) is 13.8 Å². The van der Waals surface area contributed by atoms with E-state index in [9.17, 15) is 0 Å². The van der Waals surface area contributed by atoms with Crippen molar-refractivity contribution >= 4 is 12.4 Å². The van der Waals surface area contributed by atoms with Gasteiger partial charge in [-0.1, -0.05) is 35.5 Å². The van der Waals surface area contributed by atoms with Gasteiger partial charge in [-0.25, -0.2) is 0 Å². The highest BCUT2D eigenvalue weighted by atomic mass is 35.5.